The van der Waals surface area contributed by atoms with Crippen LogP contribution >= 0.6 is 11.3 Å². The van der Waals surface area contributed by atoms with Crippen LogP contribution in [-0.2, 0) is 11.2 Å². The molecule has 0 atom stereocenters. The van der Waals surface area contributed by atoms with Crippen molar-refractivity contribution in [3.8, 4) is 17.3 Å². The van der Waals surface area contributed by atoms with E-state index in [0.717, 1.165) is 16.8 Å². The number of thiazole rings is 1. The van der Waals surface area contributed by atoms with Crippen LogP contribution in [0.5, 0.6) is 0 Å². The summed E-state index contributed by atoms with van der Waals surface area (Å²) in [5, 5.41) is 14.4. The second-order valence-electron chi connectivity index (χ2n) is 6.62. The van der Waals surface area contributed by atoms with Crippen LogP contribution in [0.2, 0.25) is 0 Å². The molecule has 1 amide bonds. The van der Waals surface area contributed by atoms with E-state index >= 15 is 0 Å². The van der Waals surface area contributed by atoms with E-state index in [0.29, 0.717) is 22.8 Å². The van der Waals surface area contributed by atoms with E-state index in [9.17, 15) is 9.59 Å². The van der Waals surface area contributed by atoms with E-state index < -0.39 is 5.56 Å². The standard InChI is InChI=1S/C21H20N4O2S/c1-12-4-6-15(7-5-12)18-11-28-21(24-18)25-19(26)9-8-16-13(2)17(10-22)20(27)23-14(16)3/h4-7,11H,8-9H2,1-3H3,(H,23,27)(H,24,25,26). The molecule has 2 aromatic heterocycles. The van der Waals surface area contributed by atoms with Crippen molar-refractivity contribution in [3.63, 3.8) is 0 Å². The van der Waals surface area contributed by atoms with Gasteiger partial charge in [-0.3, -0.25) is 9.59 Å². The lowest BCUT2D eigenvalue weighted by Crippen LogP contribution is -2.18. The number of amides is 1. The number of pyridine rings is 1. The molecule has 0 aliphatic heterocycles. The highest BCUT2D eigenvalue weighted by atomic mass is 32.1. The number of rotatable bonds is 5. The van der Waals surface area contributed by atoms with Gasteiger partial charge in [0.15, 0.2) is 5.13 Å². The zero-order chi connectivity index (χ0) is 20.3. The van der Waals surface area contributed by atoms with Crippen LogP contribution in [-0.4, -0.2) is 15.9 Å². The normalized spacial score (nSPS) is 10.5. The van der Waals surface area contributed by atoms with E-state index in [1.54, 1.807) is 13.8 Å². The number of carbonyl (C=O) groups excluding carboxylic acids is 1. The number of aromatic amines is 1. The quantitative estimate of drug-likeness (QED) is 0.688. The summed E-state index contributed by atoms with van der Waals surface area (Å²) in [5.74, 6) is -0.159. The molecular formula is C21H20N4O2S. The Morgan fingerprint density at radius 3 is 2.64 bits per heavy atom. The Labute approximate surface area is 166 Å². The highest BCUT2D eigenvalue weighted by molar-refractivity contribution is 7.14. The summed E-state index contributed by atoms with van der Waals surface area (Å²) >= 11 is 1.38. The minimum atomic E-state index is -0.392. The highest BCUT2D eigenvalue weighted by Crippen LogP contribution is 2.25. The lowest BCUT2D eigenvalue weighted by atomic mass is 9.99. The molecular weight excluding hydrogens is 372 g/mol. The average Bonchev–Trinajstić information content (AvgIpc) is 3.10. The predicted molar refractivity (Wildman–Crippen MR) is 110 cm³/mol. The van der Waals surface area contributed by atoms with Crippen molar-refractivity contribution in [1.82, 2.24) is 9.97 Å². The first kappa shape index (κ1) is 19.5. The molecule has 142 valence electrons. The molecule has 7 heteroatoms. The fraction of sp³-hybridized carbons (Fsp3) is 0.238. The number of H-pyrrole nitrogens is 1. The molecule has 0 saturated carbocycles. The van der Waals surface area contributed by atoms with Crippen molar-refractivity contribution in [3.05, 3.63) is 67.9 Å². The van der Waals surface area contributed by atoms with Gasteiger partial charge in [0.2, 0.25) is 5.91 Å². The Hall–Kier alpha value is -3.24. The number of nitriles is 1. The molecule has 3 aromatic rings. The van der Waals surface area contributed by atoms with Crippen LogP contribution in [0.1, 0.15) is 34.4 Å². The lowest BCUT2D eigenvalue weighted by Gasteiger charge is -2.10. The topological polar surface area (TPSA) is 98.6 Å². The molecule has 0 aliphatic rings. The van der Waals surface area contributed by atoms with Crippen LogP contribution in [0, 0.1) is 32.1 Å². The molecule has 2 N–H and O–H groups in total. The van der Waals surface area contributed by atoms with Crippen LogP contribution in [0.3, 0.4) is 0 Å². The molecule has 28 heavy (non-hydrogen) atoms. The van der Waals surface area contributed by atoms with Gasteiger partial charge >= 0.3 is 0 Å². The smallest absolute Gasteiger partial charge is 0.266 e. The lowest BCUT2D eigenvalue weighted by molar-refractivity contribution is -0.116. The molecule has 1 aromatic carbocycles. The van der Waals surface area contributed by atoms with Crippen LogP contribution < -0.4 is 10.9 Å². The molecule has 0 aliphatic carbocycles. The number of carbonyl (C=O) groups is 1. The zero-order valence-electron chi connectivity index (χ0n) is 15.9. The third-order valence-electron chi connectivity index (χ3n) is 4.62. The number of aryl methyl sites for hydroxylation is 2. The number of aromatic nitrogens is 2. The van der Waals surface area contributed by atoms with E-state index in [-0.39, 0.29) is 17.9 Å². The van der Waals surface area contributed by atoms with Crippen molar-refractivity contribution < 1.29 is 4.79 Å². The van der Waals surface area contributed by atoms with Crippen molar-refractivity contribution >= 4 is 22.4 Å². The summed E-state index contributed by atoms with van der Waals surface area (Å²) in [6.07, 6.45) is 0.670. The fourth-order valence-electron chi connectivity index (χ4n) is 3.03. The molecule has 0 saturated heterocycles. The summed E-state index contributed by atoms with van der Waals surface area (Å²) in [5.41, 5.74) is 4.86. The van der Waals surface area contributed by atoms with Gasteiger partial charge in [0, 0.05) is 23.1 Å². The Morgan fingerprint density at radius 2 is 1.96 bits per heavy atom. The number of nitrogens with zero attached hydrogens (tertiary/aromatic N) is 2. The second kappa shape index (κ2) is 8.19. The van der Waals surface area contributed by atoms with Gasteiger partial charge in [0.25, 0.3) is 5.56 Å². The number of benzene rings is 1. The van der Waals surface area contributed by atoms with E-state index in [2.05, 4.69) is 15.3 Å². The van der Waals surface area contributed by atoms with Crippen molar-refractivity contribution in [2.45, 2.75) is 33.6 Å². The van der Waals surface area contributed by atoms with Gasteiger partial charge < -0.3 is 10.3 Å². The van der Waals surface area contributed by atoms with Gasteiger partial charge in [0.05, 0.1) is 5.69 Å². The number of hydrogen-bond acceptors (Lipinski definition) is 5. The SMILES string of the molecule is Cc1ccc(-c2csc(NC(=O)CCc3c(C)[nH]c(=O)c(C#N)c3C)n2)cc1. The summed E-state index contributed by atoms with van der Waals surface area (Å²) in [6.45, 7) is 5.54. The Bertz CT molecular complexity index is 1120. The summed E-state index contributed by atoms with van der Waals surface area (Å²) in [6, 6.07) is 9.99. The first-order valence-corrected chi connectivity index (χ1v) is 9.72. The number of anilines is 1. The Balaban J connectivity index is 1.67. The maximum Gasteiger partial charge on any atom is 0.266 e. The Kier molecular flexibility index (Phi) is 5.71. The predicted octanol–water partition coefficient (Wildman–Crippen LogP) is 3.87. The highest BCUT2D eigenvalue weighted by Gasteiger charge is 2.14. The molecule has 0 fully saturated rings. The number of nitrogens with one attached hydrogen (secondary N) is 2. The maximum absolute atomic E-state index is 12.3. The fourth-order valence-corrected chi connectivity index (χ4v) is 3.76. The van der Waals surface area contributed by atoms with Crippen LogP contribution in [0.15, 0.2) is 34.4 Å². The summed E-state index contributed by atoms with van der Waals surface area (Å²) < 4.78 is 0. The van der Waals surface area contributed by atoms with Gasteiger partial charge in [-0.2, -0.15) is 5.26 Å². The monoisotopic (exact) mass is 392 g/mol. The average molecular weight is 392 g/mol. The summed E-state index contributed by atoms with van der Waals surface area (Å²) in [4.78, 5) is 31.3. The molecule has 0 radical (unpaired) electrons. The van der Waals surface area contributed by atoms with Gasteiger partial charge in [-0.05, 0) is 38.3 Å². The molecule has 6 nitrogen and oxygen atoms in total. The Morgan fingerprint density at radius 1 is 1.25 bits per heavy atom. The summed E-state index contributed by atoms with van der Waals surface area (Å²) in [7, 11) is 0. The van der Waals surface area contributed by atoms with Crippen molar-refractivity contribution in [1.29, 1.82) is 5.26 Å². The van der Waals surface area contributed by atoms with Gasteiger partial charge in [-0.1, -0.05) is 29.8 Å². The van der Waals surface area contributed by atoms with E-state index in [4.69, 9.17) is 5.26 Å². The maximum atomic E-state index is 12.3. The van der Waals surface area contributed by atoms with Crippen molar-refractivity contribution in [2.75, 3.05) is 5.32 Å². The minimum absolute atomic E-state index is 0.101. The van der Waals surface area contributed by atoms with Gasteiger partial charge in [0.1, 0.15) is 11.6 Å². The molecule has 0 unspecified atom stereocenters. The van der Waals surface area contributed by atoms with Gasteiger partial charge in [-0.25, -0.2) is 4.98 Å². The molecule has 0 spiro atoms. The molecule has 2 heterocycles. The molecule has 3 rings (SSSR count). The second-order valence-corrected chi connectivity index (χ2v) is 7.48. The first-order chi connectivity index (χ1) is 13.4. The van der Waals surface area contributed by atoms with E-state index in [1.807, 2.05) is 42.6 Å². The van der Waals surface area contributed by atoms with Gasteiger partial charge in [-0.15, -0.1) is 11.3 Å². The largest absolute Gasteiger partial charge is 0.325 e. The third kappa shape index (κ3) is 4.18. The zero-order valence-corrected chi connectivity index (χ0v) is 16.7. The van der Waals surface area contributed by atoms with Crippen molar-refractivity contribution in [2.24, 2.45) is 0 Å². The first-order valence-electron chi connectivity index (χ1n) is 8.84. The number of hydrogen-bond donors (Lipinski definition) is 2. The van der Waals surface area contributed by atoms with Crippen LogP contribution in [0.4, 0.5) is 5.13 Å². The minimum Gasteiger partial charge on any atom is -0.325 e. The third-order valence-corrected chi connectivity index (χ3v) is 5.38. The molecule has 0 bridgehead atoms. The van der Waals surface area contributed by atoms with E-state index in [1.165, 1.54) is 16.9 Å². The van der Waals surface area contributed by atoms with Crippen LogP contribution in [0.25, 0.3) is 11.3 Å².